The largest absolute Gasteiger partial charge is 0.466 e. The van der Waals surface area contributed by atoms with Gasteiger partial charge < -0.3 is 10.1 Å². The minimum Gasteiger partial charge on any atom is -0.466 e. The van der Waals surface area contributed by atoms with Crippen LogP contribution in [0.5, 0.6) is 0 Å². The molecule has 3 rings (SSSR count). The van der Waals surface area contributed by atoms with Crippen LogP contribution in [0.2, 0.25) is 0 Å². The van der Waals surface area contributed by atoms with E-state index >= 15 is 0 Å². The van der Waals surface area contributed by atoms with Crippen molar-refractivity contribution in [3.63, 3.8) is 0 Å². The van der Waals surface area contributed by atoms with Gasteiger partial charge in [0.2, 0.25) is 11.1 Å². The van der Waals surface area contributed by atoms with E-state index in [1.807, 2.05) is 26.4 Å². The molecule has 0 spiro atoms. The van der Waals surface area contributed by atoms with Crippen LogP contribution in [0.1, 0.15) is 18.5 Å². The molecule has 116 valence electrons. The van der Waals surface area contributed by atoms with Crippen LogP contribution in [0, 0.1) is 0 Å². The Hall–Kier alpha value is -2.29. The molecule has 0 radical (unpaired) electrons. The van der Waals surface area contributed by atoms with Crippen LogP contribution >= 0.6 is 11.8 Å². The molecule has 2 aromatic rings. The second-order valence-corrected chi connectivity index (χ2v) is 5.65. The average molecular weight is 320 g/mol. The summed E-state index contributed by atoms with van der Waals surface area (Å²) < 4.78 is 8.32. The molecule has 0 fully saturated rings. The summed E-state index contributed by atoms with van der Waals surface area (Å²) in [6.45, 7) is 1.83. The third-order valence-electron chi connectivity index (χ3n) is 3.46. The zero-order chi connectivity index (χ0) is 15.9. The number of allylic oxidation sites excluding steroid dienone is 1. The molecule has 1 atom stereocenters. The maximum absolute atomic E-state index is 12.2. The summed E-state index contributed by atoms with van der Waals surface area (Å²) in [4.78, 5) is 16.7. The number of ether oxygens (including phenoxy) is 1. The van der Waals surface area contributed by atoms with Crippen molar-refractivity contribution in [2.45, 2.75) is 18.1 Å². The van der Waals surface area contributed by atoms with Crippen molar-refractivity contribution in [3.8, 4) is 0 Å². The Labute approximate surface area is 131 Å². The number of aromatic nitrogens is 5. The molecule has 0 saturated carbocycles. The minimum absolute atomic E-state index is 0.397. The normalized spacial score (nSPS) is 17.2. The standard InChI is InChI=1S/C13H16N6O2S/c1-7-9(11(20)21-3)10(8-5-14-18(2)6-8)19-12(15-7)16-13(17-19)22-4/h5-6,10H,1-4H3,(H,15,16,17)/t10-/m0/s1. The predicted octanol–water partition coefficient (Wildman–Crippen LogP) is 1.20. The van der Waals surface area contributed by atoms with E-state index in [-0.39, 0.29) is 0 Å². The van der Waals surface area contributed by atoms with Crippen LogP contribution in [0.4, 0.5) is 5.95 Å². The number of nitrogens with one attached hydrogen (secondary N) is 1. The molecular formula is C13H16N6O2S. The van der Waals surface area contributed by atoms with Crippen molar-refractivity contribution in [2.24, 2.45) is 7.05 Å². The van der Waals surface area contributed by atoms with Gasteiger partial charge in [0.05, 0.1) is 18.9 Å². The molecule has 0 amide bonds. The number of fused-ring (bicyclic) bond motifs is 1. The molecule has 0 aliphatic carbocycles. The van der Waals surface area contributed by atoms with Gasteiger partial charge in [0.1, 0.15) is 6.04 Å². The zero-order valence-electron chi connectivity index (χ0n) is 12.7. The summed E-state index contributed by atoms with van der Waals surface area (Å²) in [6, 6.07) is -0.411. The molecule has 22 heavy (non-hydrogen) atoms. The first kappa shape index (κ1) is 14.6. The number of hydrogen-bond acceptors (Lipinski definition) is 7. The molecule has 3 heterocycles. The third kappa shape index (κ3) is 2.27. The topological polar surface area (TPSA) is 86.9 Å². The second kappa shape index (κ2) is 5.48. The van der Waals surface area contributed by atoms with Gasteiger partial charge in [-0.15, -0.1) is 5.10 Å². The molecule has 2 aromatic heterocycles. The smallest absolute Gasteiger partial charge is 0.338 e. The monoisotopic (exact) mass is 320 g/mol. The van der Waals surface area contributed by atoms with E-state index in [1.54, 1.807) is 15.6 Å². The van der Waals surface area contributed by atoms with Crippen molar-refractivity contribution in [2.75, 3.05) is 18.7 Å². The van der Waals surface area contributed by atoms with Crippen molar-refractivity contribution in [1.82, 2.24) is 24.5 Å². The molecule has 9 heteroatoms. The van der Waals surface area contributed by atoms with E-state index < -0.39 is 12.0 Å². The lowest BCUT2D eigenvalue weighted by Gasteiger charge is -2.26. The number of carbonyl (C=O) groups is 1. The van der Waals surface area contributed by atoms with Crippen LogP contribution < -0.4 is 5.32 Å². The Morgan fingerprint density at radius 2 is 2.27 bits per heavy atom. The summed E-state index contributed by atoms with van der Waals surface area (Å²) >= 11 is 1.44. The summed E-state index contributed by atoms with van der Waals surface area (Å²) in [5.74, 6) is 0.203. The summed E-state index contributed by atoms with van der Waals surface area (Å²) in [7, 11) is 3.20. The highest BCUT2D eigenvalue weighted by Gasteiger charge is 2.35. The Balaban J connectivity index is 2.18. The number of thioether (sulfide) groups is 1. The van der Waals surface area contributed by atoms with Crippen molar-refractivity contribution in [1.29, 1.82) is 0 Å². The SMILES string of the molecule is COC(=O)C1=C(C)Nc2nc(SC)nn2[C@H]1c1cnn(C)c1. The maximum Gasteiger partial charge on any atom is 0.338 e. The van der Waals surface area contributed by atoms with E-state index in [4.69, 9.17) is 4.74 Å². The average Bonchev–Trinajstić information content (AvgIpc) is 3.10. The number of nitrogens with zero attached hydrogens (tertiary/aromatic N) is 5. The third-order valence-corrected chi connectivity index (χ3v) is 4.00. The molecule has 8 nitrogen and oxygen atoms in total. The van der Waals surface area contributed by atoms with Crippen molar-refractivity contribution in [3.05, 3.63) is 29.2 Å². The van der Waals surface area contributed by atoms with E-state index in [9.17, 15) is 4.79 Å². The van der Waals surface area contributed by atoms with Crippen molar-refractivity contribution < 1.29 is 9.53 Å². The van der Waals surface area contributed by atoms with Gasteiger partial charge in [-0.3, -0.25) is 4.68 Å². The lowest BCUT2D eigenvalue weighted by atomic mass is 9.98. The van der Waals surface area contributed by atoms with Gasteiger partial charge in [0, 0.05) is 24.5 Å². The van der Waals surface area contributed by atoms with Gasteiger partial charge in [-0.1, -0.05) is 11.8 Å². The summed E-state index contributed by atoms with van der Waals surface area (Å²) in [5, 5.41) is 12.4. The van der Waals surface area contributed by atoms with E-state index in [0.717, 1.165) is 5.56 Å². The zero-order valence-corrected chi connectivity index (χ0v) is 13.5. The molecule has 0 unspecified atom stereocenters. The second-order valence-electron chi connectivity index (χ2n) is 4.87. The number of rotatable bonds is 3. The van der Waals surface area contributed by atoms with Gasteiger partial charge in [0.25, 0.3) is 0 Å². The molecule has 1 aliphatic rings. The lowest BCUT2D eigenvalue weighted by molar-refractivity contribution is -0.136. The molecule has 1 N–H and O–H groups in total. The van der Waals surface area contributed by atoms with Gasteiger partial charge in [-0.2, -0.15) is 10.1 Å². The van der Waals surface area contributed by atoms with Crippen LogP contribution in [-0.4, -0.2) is 43.9 Å². The Bertz CT molecular complexity index is 762. The highest BCUT2D eigenvalue weighted by molar-refractivity contribution is 7.98. The number of aryl methyl sites for hydroxylation is 1. The Morgan fingerprint density at radius 3 is 2.86 bits per heavy atom. The number of esters is 1. The molecule has 0 aromatic carbocycles. The fraction of sp³-hybridized carbons (Fsp3) is 0.385. The number of methoxy groups -OCH3 is 1. The summed E-state index contributed by atoms with van der Waals surface area (Å²) in [5.41, 5.74) is 2.05. The minimum atomic E-state index is -0.411. The van der Waals surface area contributed by atoms with Crippen LogP contribution in [-0.2, 0) is 16.6 Å². The highest BCUT2D eigenvalue weighted by atomic mass is 32.2. The number of anilines is 1. The first-order valence-electron chi connectivity index (χ1n) is 6.60. The van der Waals surface area contributed by atoms with Crippen molar-refractivity contribution >= 4 is 23.7 Å². The molecule has 1 aliphatic heterocycles. The fourth-order valence-electron chi connectivity index (χ4n) is 2.48. The van der Waals surface area contributed by atoms with E-state index in [2.05, 4.69) is 20.5 Å². The highest BCUT2D eigenvalue weighted by Crippen LogP contribution is 2.36. The predicted molar refractivity (Wildman–Crippen MR) is 81.5 cm³/mol. The quantitative estimate of drug-likeness (QED) is 0.671. The van der Waals surface area contributed by atoms with E-state index in [0.29, 0.717) is 22.4 Å². The fourth-order valence-corrected chi connectivity index (χ4v) is 2.83. The van der Waals surface area contributed by atoms with Crippen LogP contribution in [0.15, 0.2) is 28.8 Å². The molecule has 0 bridgehead atoms. The molecule has 0 saturated heterocycles. The van der Waals surface area contributed by atoms with Gasteiger partial charge in [0.15, 0.2) is 0 Å². The lowest BCUT2D eigenvalue weighted by Crippen LogP contribution is -2.29. The summed E-state index contributed by atoms with van der Waals surface area (Å²) in [6.07, 6.45) is 5.48. The number of carbonyl (C=O) groups excluding carboxylic acids is 1. The Morgan fingerprint density at radius 1 is 1.50 bits per heavy atom. The molecular weight excluding hydrogens is 304 g/mol. The van der Waals surface area contributed by atoms with E-state index in [1.165, 1.54) is 18.9 Å². The van der Waals surface area contributed by atoms with Crippen LogP contribution in [0.3, 0.4) is 0 Å². The van der Waals surface area contributed by atoms with Gasteiger partial charge >= 0.3 is 5.97 Å². The van der Waals surface area contributed by atoms with Crippen LogP contribution in [0.25, 0.3) is 0 Å². The van der Waals surface area contributed by atoms with Gasteiger partial charge in [-0.05, 0) is 13.2 Å². The maximum atomic E-state index is 12.2. The number of hydrogen-bond donors (Lipinski definition) is 1. The first-order chi connectivity index (χ1) is 10.5. The first-order valence-corrected chi connectivity index (χ1v) is 7.82. The van der Waals surface area contributed by atoms with Gasteiger partial charge in [-0.25, -0.2) is 9.48 Å². The Kier molecular flexibility index (Phi) is 3.65.